The fourth-order valence-corrected chi connectivity index (χ4v) is 3.74. The summed E-state index contributed by atoms with van der Waals surface area (Å²) in [7, 11) is 0. The first-order valence-corrected chi connectivity index (χ1v) is 7.14. The van der Waals surface area contributed by atoms with Crippen molar-refractivity contribution in [2.75, 3.05) is 0 Å². The van der Waals surface area contributed by atoms with Crippen LogP contribution in [0.3, 0.4) is 0 Å². The molecule has 1 N–H and O–H groups in total. The molecular weight excluding hydrogens is 258 g/mol. The first-order chi connectivity index (χ1) is 9.54. The average molecular weight is 277 g/mol. The maximum Gasteiger partial charge on any atom is 0.303 e. The minimum atomic E-state index is -0.736. The van der Waals surface area contributed by atoms with Crippen LogP contribution in [-0.2, 0) is 4.79 Å². The first kappa shape index (κ1) is 13.2. The maximum atomic E-state index is 12.6. The number of nitrogens with zero attached hydrogens (tertiary/aromatic N) is 1. The molecule has 2 fully saturated rings. The highest BCUT2D eigenvalue weighted by atomic mass is 16.4. The number of aryl methyl sites for hydroxylation is 1. The normalized spacial score (nSPS) is 28.6. The van der Waals surface area contributed by atoms with Crippen molar-refractivity contribution in [3.63, 3.8) is 0 Å². The summed E-state index contributed by atoms with van der Waals surface area (Å²) in [6, 6.07) is 2.16. The topological polar surface area (TPSA) is 70.8 Å². The van der Waals surface area contributed by atoms with E-state index < -0.39 is 5.97 Å². The van der Waals surface area contributed by atoms with Gasteiger partial charge in [-0.2, -0.15) is 0 Å². The number of aliphatic carboxylic acids is 1. The number of amides is 1. The van der Waals surface area contributed by atoms with Crippen LogP contribution < -0.4 is 0 Å². The number of carboxylic acid groups (broad SMARTS) is 1. The zero-order chi connectivity index (χ0) is 14.3. The number of rotatable bonds is 3. The third-order valence-corrected chi connectivity index (χ3v) is 4.51. The van der Waals surface area contributed by atoms with Gasteiger partial charge in [-0.1, -0.05) is 0 Å². The van der Waals surface area contributed by atoms with Crippen molar-refractivity contribution in [3.8, 4) is 0 Å². The molecule has 2 atom stereocenters. The van der Waals surface area contributed by atoms with Crippen molar-refractivity contribution in [1.82, 2.24) is 4.90 Å². The second-order valence-corrected chi connectivity index (χ2v) is 5.98. The number of carbonyl (C=O) groups is 2. The molecule has 2 aliphatic heterocycles. The lowest BCUT2D eigenvalue weighted by Crippen LogP contribution is -2.46. The number of hydrogen-bond acceptors (Lipinski definition) is 3. The fraction of sp³-hybridized carbons (Fsp3) is 0.600. The van der Waals surface area contributed by atoms with E-state index in [9.17, 15) is 9.59 Å². The average Bonchev–Trinajstić information content (AvgIpc) is 2.91. The van der Waals surface area contributed by atoms with Gasteiger partial charge in [-0.25, -0.2) is 0 Å². The smallest absolute Gasteiger partial charge is 0.303 e. The zero-order valence-electron chi connectivity index (χ0n) is 11.5. The van der Waals surface area contributed by atoms with Gasteiger partial charge >= 0.3 is 5.97 Å². The number of piperidine rings is 1. The van der Waals surface area contributed by atoms with Crippen molar-refractivity contribution >= 4 is 11.9 Å². The van der Waals surface area contributed by atoms with Crippen LogP contribution in [0, 0.1) is 12.8 Å². The summed E-state index contributed by atoms with van der Waals surface area (Å²) in [4.78, 5) is 25.4. The largest absolute Gasteiger partial charge is 0.481 e. The fourth-order valence-electron chi connectivity index (χ4n) is 3.74. The van der Waals surface area contributed by atoms with Crippen molar-refractivity contribution in [3.05, 3.63) is 23.7 Å². The molecular formula is C15H19NO4. The molecule has 2 saturated heterocycles. The Hall–Kier alpha value is -1.78. The van der Waals surface area contributed by atoms with Crippen LogP contribution in [0.1, 0.15) is 48.2 Å². The highest BCUT2D eigenvalue weighted by Gasteiger charge is 2.43. The van der Waals surface area contributed by atoms with E-state index in [1.807, 2.05) is 11.8 Å². The predicted molar refractivity (Wildman–Crippen MR) is 71.4 cm³/mol. The number of fused-ring (bicyclic) bond motifs is 2. The summed E-state index contributed by atoms with van der Waals surface area (Å²) in [6.07, 6.45) is 5.34. The second kappa shape index (κ2) is 4.96. The lowest BCUT2D eigenvalue weighted by molar-refractivity contribution is -0.138. The minimum Gasteiger partial charge on any atom is -0.481 e. The number of furan rings is 1. The minimum absolute atomic E-state index is 0.0307. The summed E-state index contributed by atoms with van der Waals surface area (Å²) in [5, 5.41) is 8.92. The van der Waals surface area contributed by atoms with Crippen molar-refractivity contribution in [2.45, 2.75) is 51.1 Å². The summed E-state index contributed by atoms with van der Waals surface area (Å²) in [6.45, 7) is 1.82. The summed E-state index contributed by atoms with van der Waals surface area (Å²) >= 11 is 0. The maximum absolute atomic E-state index is 12.6. The molecule has 5 nitrogen and oxygen atoms in total. The standard InChI is InChI=1S/C15H19NO4/c1-9-4-11(8-20-9)15(19)16-12-2-3-13(16)6-10(5-12)7-14(17)18/h4,8,10,12-13H,2-3,5-7H2,1H3,(H,17,18). The van der Waals surface area contributed by atoms with Gasteiger partial charge in [0.15, 0.2) is 0 Å². The first-order valence-electron chi connectivity index (χ1n) is 7.14. The van der Waals surface area contributed by atoms with Gasteiger partial charge in [-0.3, -0.25) is 9.59 Å². The quantitative estimate of drug-likeness (QED) is 0.921. The van der Waals surface area contributed by atoms with Gasteiger partial charge in [0.05, 0.1) is 5.56 Å². The Morgan fingerprint density at radius 1 is 1.35 bits per heavy atom. The van der Waals surface area contributed by atoms with Crippen LogP contribution in [0.4, 0.5) is 0 Å². The summed E-state index contributed by atoms with van der Waals surface area (Å²) < 4.78 is 5.22. The lowest BCUT2D eigenvalue weighted by atomic mass is 9.88. The summed E-state index contributed by atoms with van der Waals surface area (Å²) in [5.41, 5.74) is 0.607. The van der Waals surface area contributed by atoms with Gasteiger partial charge in [0.2, 0.25) is 0 Å². The molecule has 1 aromatic heterocycles. The van der Waals surface area contributed by atoms with Crippen LogP contribution >= 0.6 is 0 Å². The molecule has 1 amide bonds. The Labute approximate surface area is 117 Å². The van der Waals surface area contributed by atoms with Crippen LogP contribution in [0.15, 0.2) is 16.7 Å². The van der Waals surface area contributed by atoms with E-state index >= 15 is 0 Å². The van der Waals surface area contributed by atoms with E-state index in [-0.39, 0.29) is 30.3 Å². The van der Waals surface area contributed by atoms with Crippen molar-refractivity contribution in [2.24, 2.45) is 5.92 Å². The molecule has 5 heteroatoms. The molecule has 0 spiro atoms. The van der Waals surface area contributed by atoms with E-state index in [2.05, 4.69) is 0 Å². The summed E-state index contributed by atoms with van der Waals surface area (Å²) in [5.74, 6) is 0.240. The van der Waals surface area contributed by atoms with E-state index in [1.54, 1.807) is 6.07 Å². The Kier molecular flexibility index (Phi) is 3.28. The second-order valence-electron chi connectivity index (χ2n) is 5.98. The lowest BCUT2D eigenvalue weighted by Gasteiger charge is -2.38. The third kappa shape index (κ3) is 2.32. The molecule has 108 valence electrons. The van der Waals surface area contributed by atoms with Crippen LogP contribution in [0.5, 0.6) is 0 Å². The number of carbonyl (C=O) groups excluding carboxylic acids is 1. The predicted octanol–water partition coefficient (Wildman–Crippen LogP) is 2.45. The molecule has 0 aromatic carbocycles. The van der Waals surface area contributed by atoms with Gasteiger partial charge in [0.25, 0.3) is 5.91 Å². The molecule has 1 aromatic rings. The monoisotopic (exact) mass is 277 g/mol. The SMILES string of the molecule is Cc1cc(C(=O)N2C3CCC2CC(CC(=O)O)C3)co1. The Bertz CT molecular complexity index is 522. The van der Waals surface area contributed by atoms with Crippen LogP contribution in [0.2, 0.25) is 0 Å². The molecule has 3 rings (SSSR count). The molecule has 20 heavy (non-hydrogen) atoms. The van der Waals surface area contributed by atoms with Gasteiger partial charge in [-0.05, 0) is 44.6 Å². The molecule has 2 unspecified atom stereocenters. The van der Waals surface area contributed by atoms with Crippen LogP contribution in [-0.4, -0.2) is 34.0 Å². The third-order valence-electron chi connectivity index (χ3n) is 4.51. The van der Waals surface area contributed by atoms with Crippen molar-refractivity contribution in [1.29, 1.82) is 0 Å². The molecule has 2 aliphatic rings. The highest BCUT2D eigenvalue weighted by Crippen LogP contribution is 2.40. The Morgan fingerprint density at radius 3 is 2.50 bits per heavy atom. The Balaban J connectivity index is 1.74. The molecule has 0 saturated carbocycles. The van der Waals surface area contributed by atoms with E-state index in [0.29, 0.717) is 5.56 Å². The molecule has 0 radical (unpaired) electrons. The Morgan fingerprint density at radius 2 is 2.00 bits per heavy atom. The van der Waals surface area contributed by atoms with Gasteiger partial charge < -0.3 is 14.4 Å². The molecule has 0 aliphatic carbocycles. The van der Waals surface area contributed by atoms with Gasteiger partial charge in [-0.15, -0.1) is 0 Å². The molecule has 2 bridgehead atoms. The number of hydrogen-bond donors (Lipinski definition) is 1. The zero-order valence-corrected chi connectivity index (χ0v) is 11.5. The number of carboxylic acids is 1. The van der Waals surface area contributed by atoms with E-state index in [0.717, 1.165) is 31.4 Å². The van der Waals surface area contributed by atoms with Crippen LogP contribution in [0.25, 0.3) is 0 Å². The highest BCUT2D eigenvalue weighted by molar-refractivity contribution is 5.94. The van der Waals surface area contributed by atoms with Gasteiger partial charge in [0, 0.05) is 18.5 Å². The van der Waals surface area contributed by atoms with Gasteiger partial charge in [0.1, 0.15) is 12.0 Å². The van der Waals surface area contributed by atoms with E-state index in [4.69, 9.17) is 9.52 Å². The van der Waals surface area contributed by atoms with Crippen molar-refractivity contribution < 1.29 is 19.1 Å². The molecule has 3 heterocycles. The van der Waals surface area contributed by atoms with E-state index in [1.165, 1.54) is 6.26 Å².